The van der Waals surface area contributed by atoms with E-state index in [0.29, 0.717) is 0 Å². The van der Waals surface area contributed by atoms with E-state index < -0.39 is 0 Å². The minimum atomic E-state index is 0.0398. The van der Waals surface area contributed by atoms with Gasteiger partial charge in [-0.15, -0.1) is 6.58 Å². The number of hydrogen-bond acceptors (Lipinski definition) is 1. The maximum absolute atomic E-state index is 6.18. The molecule has 0 bridgehead atoms. The second kappa shape index (κ2) is 11.1. The second-order valence-electron chi connectivity index (χ2n) is 15.8. The number of aromatic nitrogens is 3. The molecule has 10 rings (SSSR count). The molecule has 0 fully saturated rings. The Morgan fingerprint density at radius 3 is 2.42 bits per heavy atom. The highest BCUT2D eigenvalue weighted by Crippen LogP contribution is 2.48. The standard InChI is InChI=1S/C48H43N3O/c1-7-14-35-44(52-6)28-38-37-26-31(48(3,4)5)20-22-42(37)51-43-25-30-19-21-34-32-15-8-9-16-33(32)40-17-11-13-24-50(40)46(34)29(2)49-23-12-10-18-41(49)36(30)27-39(43)45(35)47(38)51/h7-13,15-18,20,22-28,34,46H,1-2,14,19,21H2,3-6H3/q+2. The zero-order chi connectivity index (χ0) is 35.5. The first-order valence-electron chi connectivity index (χ1n) is 18.5. The molecule has 4 heteroatoms. The van der Waals surface area contributed by atoms with Crippen molar-refractivity contribution in [3.05, 3.63) is 151 Å². The summed E-state index contributed by atoms with van der Waals surface area (Å²) in [7, 11) is 1.80. The topological polar surface area (TPSA) is 21.4 Å². The van der Waals surface area contributed by atoms with E-state index in [4.69, 9.17) is 11.3 Å². The van der Waals surface area contributed by atoms with Crippen molar-refractivity contribution >= 4 is 43.8 Å². The van der Waals surface area contributed by atoms with Crippen LogP contribution in [0.1, 0.15) is 61.4 Å². The molecule has 4 aromatic heterocycles. The predicted octanol–water partition coefficient (Wildman–Crippen LogP) is 10.5. The Labute approximate surface area is 304 Å². The number of rotatable bonds is 3. The molecule has 0 aliphatic carbocycles. The Balaban J connectivity index is 1.30. The molecule has 2 atom stereocenters. The fraction of sp³-hybridized carbons (Fsp3) is 0.208. The molecular formula is C48H43N3O+2. The van der Waals surface area contributed by atoms with Gasteiger partial charge in [-0.2, -0.15) is 9.13 Å². The van der Waals surface area contributed by atoms with E-state index in [1.54, 1.807) is 7.11 Å². The van der Waals surface area contributed by atoms with Crippen molar-refractivity contribution < 1.29 is 13.9 Å². The van der Waals surface area contributed by atoms with E-state index in [1.807, 2.05) is 6.08 Å². The van der Waals surface area contributed by atoms with E-state index in [2.05, 4.69) is 150 Å². The molecule has 6 heterocycles. The van der Waals surface area contributed by atoms with Gasteiger partial charge in [-0.05, 0) is 96.5 Å². The van der Waals surface area contributed by atoms with Gasteiger partial charge < -0.3 is 9.14 Å². The lowest BCUT2D eigenvalue weighted by molar-refractivity contribution is -0.727. The summed E-state index contributed by atoms with van der Waals surface area (Å²) in [5.41, 5.74) is 15.2. The quantitative estimate of drug-likeness (QED) is 0.135. The van der Waals surface area contributed by atoms with Crippen LogP contribution < -0.4 is 13.9 Å². The molecule has 0 spiro atoms. The van der Waals surface area contributed by atoms with Gasteiger partial charge in [0.1, 0.15) is 5.75 Å². The number of pyridine rings is 2. The molecule has 0 N–H and O–H groups in total. The molecule has 8 aromatic rings. The SMILES string of the molecule is C=CCc1c(OC)cc2c3cc(C(C)(C)C)ccc3n3c4cc5c(cc4c1c23)-c1cccc[n+]1C(=C)C1C(CC5)c2ccccc2-c2cccc[n+]21. The fourth-order valence-corrected chi connectivity index (χ4v) is 9.61. The third-order valence-corrected chi connectivity index (χ3v) is 12.0. The molecule has 0 radical (unpaired) electrons. The largest absolute Gasteiger partial charge is 0.496 e. The number of hydrogen-bond donors (Lipinski definition) is 0. The van der Waals surface area contributed by atoms with E-state index in [1.165, 1.54) is 82.9 Å². The van der Waals surface area contributed by atoms with E-state index in [9.17, 15) is 0 Å². The van der Waals surface area contributed by atoms with Crippen molar-refractivity contribution in [2.45, 2.75) is 57.4 Å². The number of benzene rings is 4. The average molecular weight is 678 g/mol. The second-order valence-corrected chi connectivity index (χ2v) is 15.8. The Bertz CT molecular complexity index is 2790. The van der Waals surface area contributed by atoms with Gasteiger partial charge in [0.2, 0.25) is 23.1 Å². The van der Waals surface area contributed by atoms with Crippen LogP contribution in [0.25, 0.3) is 66.3 Å². The van der Waals surface area contributed by atoms with Crippen molar-refractivity contribution in [2.24, 2.45) is 0 Å². The molecule has 4 aromatic carbocycles. The molecule has 2 aliphatic heterocycles. The van der Waals surface area contributed by atoms with Crippen molar-refractivity contribution in [1.29, 1.82) is 0 Å². The van der Waals surface area contributed by atoms with Crippen LogP contribution in [0.3, 0.4) is 0 Å². The number of aryl methyl sites for hydroxylation is 1. The summed E-state index contributed by atoms with van der Waals surface area (Å²) in [6, 6.07) is 36.5. The van der Waals surface area contributed by atoms with Gasteiger partial charge >= 0.3 is 0 Å². The minimum absolute atomic E-state index is 0.0398. The van der Waals surface area contributed by atoms with Crippen LogP contribution in [-0.2, 0) is 18.3 Å². The molecular weight excluding hydrogens is 635 g/mol. The van der Waals surface area contributed by atoms with Gasteiger partial charge in [-0.1, -0.05) is 51.1 Å². The summed E-state index contributed by atoms with van der Waals surface area (Å²) in [5, 5.41) is 5.02. The van der Waals surface area contributed by atoms with Crippen LogP contribution in [0.5, 0.6) is 5.75 Å². The van der Waals surface area contributed by atoms with Gasteiger partial charge in [0.25, 0.3) is 0 Å². The number of ether oxygens (including phenoxy) is 1. The van der Waals surface area contributed by atoms with Gasteiger partial charge in [0, 0.05) is 56.9 Å². The summed E-state index contributed by atoms with van der Waals surface area (Å²) >= 11 is 0. The Kier molecular flexibility index (Phi) is 6.64. The highest BCUT2D eigenvalue weighted by Gasteiger charge is 2.46. The first-order valence-corrected chi connectivity index (χ1v) is 18.5. The van der Waals surface area contributed by atoms with Crippen molar-refractivity contribution in [1.82, 2.24) is 4.40 Å². The van der Waals surface area contributed by atoms with Crippen molar-refractivity contribution in [3.8, 4) is 28.3 Å². The van der Waals surface area contributed by atoms with E-state index in [-0.39, 0.29) is 17.4 Å². The third kappa shape index (κ3) is 4.21. The van der Waals surface area contributed by atoms with Gasteiger partial charge in [0.05, 0.1) is 35.1 Å². The number of allylic oxidation sites excluding steroid dienone is 2. The minimum Gasteiger partial charge on any atom is -0.496 e. The zero-order valence-electron chi connectivity index (χ0n) is 30.4. The summed E-state index contributed by atoms with van der Waals surface area (Å²) in [4.78, 5) is 0. The zero-order valence-corrected chi connectivity index (χ0v) is 30.4. The van der Waals surface area contributed by atoms with Crippen LogP contribution in [-0.4, -0.2) is 11.5 Å². The van der Waals surface area contributed by atoms with Gasteiger partial charge in [0.15, 0.2) is 12.4 Å². The number of methoxy groups -OCH3 is 1. The highest BCUT2D eigenvalue weighted by molar-refractivity contribution is 6.25. The van der Waals surface area contributed by atoms with Crippen molar-refractivity contribution in [3.63, 3.8) is 0 Å². The first-order chi connectivity index (χ1) is 25.3. The highest BCUT2D eigenvalue weighted by atomic mass is 16.5. The molecule has 4 nitrogen and oxygen atoms in total. The van der Waals surface area contributed by atoms with Crippen molar-refractivity contribution in [2.75, 3.05) is 7.11 Å². The molecule has 0 amide bonds. The Morgan fingerprint density at radius 2 is 1.62 bits per heavy atom. The lowest BCUT2D eigenvalue weighted by atomic mass is 9.78. The van der Waals surface area contributed by atoms with Gasteiger partial charge in [-0.25, -0.2) is 0 Å². The van der Waals surface area contributed by atoms with Crippen LogP contribution in [0, 0.1) is 0 Å². The smallest absolute Gasteiger partial charge is 0.249 e. The molecule has 52 heavy (non-hydrogen) atoms. The van der Waals surface area contributed by atoms with Gasteiger partial charge in [-0.3, -0.25) is 0 Å². The summed E-state index contributed by atoms with van der Waals surface area (Å²) in [6.45, 7) is 15.9. The lowest BCUT2D eigenvalue weighted by Gasteiger charge is -2.29. The van der Waals surface area contributed by atoms with Crippen LogP contribution >= 0.6 is 0 Å². The Morgan fingerprint density at radius 1 is 0.827 bits per heavy atom. The van der Waals surface area contributed by atoms with Crippen LogP contribution in [0.2, 0.25) is 0 Å². The summed E-state index contributed by atoms with van der Waals surface area (Å²) in [6.07, 6.45) is 9.12. The first kappa shape index (κ1) is 31.0. The van der Waals surface area contributed by atoms with E-state index >= 15 is 0 Å². The maximum Gasteiger partial charge on any atom is 0.249 e. The molecule has 254 valence electrons. The lowest BCUT2D eigenvalue weighted by Crippen LogP contribution is -2.53. The predicted molar refractivity (Wildman–Crippen MR) is 213 cm³/mol. The average Bonchev–Trinajstić information content (AvgIpc) is 3.68. The normalized spacial score (nSPS) is 16.9. The van der Waals surface area contributed by atoms with Crippen LogP contribution in [0.4, 0.5) is 0 Å². The molecule has 0 saturated carbocycles. The van der Waals surface area contributed by atoms with E-state index in [0.717, 1.165) is 30.7 Å². The summed E-state index contributed by atoms with van der Waals surface area (Å²) < 4.78 is 13.5. The Hall–Kier alpha value is -5.74. The third-order valence-electron chi connectivity index (χ3n) is 12.0. The van der Waals surface area contributed by atoms with Crippen LogP contribution in [0.15, 0.2) is 129 Å². The molecule has 0 saturated heterocycles. The monoisotopic (exact) mass is 677 g/mol. The number of nitrogens with zero attached hydrogens (tertiary/aromatic N) is 3. The summed E-state index contributed by atoms with van der Waals surface area (Å²) in [5.74, 6) is 1.18. The molecule has 2 unspecified atom stereocenters. The maximum atomic E-state index is 6.18. The fourth-order valence-electron chi connectivity index (χ4n) is 9.61. The molecule has 2 aliphatic rings. The number of fused-ring (bicyclic) bond motifs is 15.